The van der Waals surface area contributed by atoms with Crippen LogP contribution in [0.15, 0.2) is 24.4 Å². The summed E-state index contributed by atoms with van der Waals surface area (Å²) in [6.45, 7) is 3.70. The standard InChI is InChI=1S/C14H13ClN2O3/c1-7-3-9(15)4-8(2)13(7)20-12-5-10(14(18)19)11(16)6-17-12/h3-6H,16H2,1-2H3,(H,18,19). The molecule has 0 aliphatic heterocycles. The van der Waals surface area contributed by atoms with Crippen LogP contribution in [0.1, 0.15) is 21.5 Å². The molecule has 0 saturated heterocycles. The van der Waals surface area contributed by atoms with Crippen LogP contribution >= 0.6 is 11.6 Å². The number of carboxylic acids is 1. The fraction of sp³-hybridized carbons (Fsp3) is 0.143. The number of pyridine rings is 1. The summed E-state index contributed by atoms with van der Waals surface area (Å²) in [6, 6.07) is 4.82. The number of rotatable bonds is 3. The zero-order chi connectivity index (χ0) is 14.9. The lowest BCUT2D eigenvalue weighted by atomic mass is 10.1. The number of halogens is 1. The van der Waals surface area contributed by atoms with Gasteiger partial charge in [0, 0.05) is 11.1 Å². The van der Waals surface area contributed by atoms with Gasteiger partial charge in [0.25, 0.3) is 0 Å². The van der Waals surface area contributed by atoms with Gasteiger partial charge in [0.05, 0.1) is 17.4 Å². The van der Waals surface area contributed by atoms with Crippen LogP contribution in [0.25, 0.3) is 0 Å². The van der Waals surface area contributed by atoms with Gasteiger partial charge in [-0.05, 0) is 37.1 Å². The van der Waals surface area contributed by atoms with Crippen molar-refractivity contribution < 1.29 is 14.6 Å². The minimum atomic E-state index is -1.13. The maximum atomic E-state index is 11.0. The van der Waals surface area contributed by atoms with Crippen molar-refractivity contribution >= 4 is 23.3 Å². The molecular weight excluding hydrogens is 280 g/mol. The Morgan fingerprint density at radius 3 is 2.45 bits per heavy atom. The second-order valence-corrected chi connectivity index (χ2v) is 4.82. The summed E-state index contributed by atoms with van der Waals surface area (Å²) < 4.78 is 5.65. The number of carboxylic acid groups (broad SMARTS) is 1. The van der Waals surface area contributed by atoms with Gasteiger partial charge < -0.3 is 15.6 Å². The molecule has 0 bridgehead atoms. The molecule has 104 valence electrons. The van der Waals surface area contributed by atoms with Gasteiger partial charge in [-0.1, -0.05) is 11.6 Å². The van der Waals surface area contributed by atoms with Gasteiger partial charge in [0.1, 0.15) is 5.75 Å². The minimum Gasteiger partial charge on any atom is -0.478 e. The zero-order valence-corrected chi connectivity index (χ0v) is 11.7. The van der Waals surface area contributed by atoms with Gasteiger partial charge in [-0.3, -0.25) is 0 Å². The maximum Gasteiger partial charge on any atom is 0.338 e. The Hall–Kier alpha value is -2.27. The van der Waals surface area contributed by atoms with Crippen LogP contribution in [0.5, 0.6) is 11.6 Å². The lowest BCUT2D eigenvalue weighted by molar-refractivity contribution is 0.0697. The molecule has 20 heavy (non-hydrogen) atoms. The molecule has 0 atom stereocenters. The molecule has 2 rings (SSSR count). The van der Waals surface area contributed by atoms with E-state index in [1.54, 1.807) is 12.1 Å². The molecule has 0 spiro atoms. The number of nitrogens with two attached hydrogens (primary N) is 1. The molecule has 1 aromatic heterocycles. The fourth-order valence-electron chi connectivity index (χ4n) is 1.85. The number of nitrogens with zero attached hydrogens (tertiary/aromatic N) is 1. The predicted molar refractivity (Wildman–Crippen MR) is 76.6 cm³/mol. The van der Waals surface area contributed by atoms with E-state index in [0.717, 1.165) is 11.1 Å². The second-order valence-electron chi connectivity index (χ2n) is 4.39. The van der Waals surface area contributed by atoms with Crippen molar-refractivity contribution in [2.45, 2.75) is 13.8 Å². The molecule has 0 radical (unpaired) electrons. The van der Waals surface area contributed by atoms with Crippen LogP contribution in [-0.2, 0) is 0 Å². The van der Waals surface area contributed by atoms with E-state index in [2.05, 4.69) is 4.98 Å². The second kappa shape index (κ2) is 5.38. The lowest BCUT2D eigenvalue weighted by Crippen LogP contribution is -2.04. The first-order valence-electron chi connectivity index (χ1n) is 5.82. The van der Waals surface area contributed by atoms with Crippen LogP contribution < -0.4 is 10.5 Å². The Bertz CT molecular complexity index is 663. The SMILES string of the molecule is Cc1cc(Cl)cc(C)c1Oc1cc(C(=O)O)c(N)cn1. The van der Waals surface area contributed by atoms with Crippen molar-refractivity contribution in [1.82, 2.24) is 4.98 Å². The number of aromatic nitrogens is 1. The van der Waals surface area contributed by atoms with Crippen LogP contribution in [0.3, 0.4) is 0 Å². The highest BCUT2D eigenvalue weighted by atomic mass is 35.5. The molecule has 3 N–H and O–H groups in total. The molecule has 0 aliphatic carbocycles. The molecule has 5 nitrogen and oxygen atoms in total. The first kappa shape index (κ1) is 14.1. The molecule has 1 heterocycles. The van der Waals surface area contributed by atoms with Gasteiger partial charge in [0.2, 0.25) is 5.88 Å². The van der Waals surface area contributed by atoms with Gasteiger partial charge >= 0.3 is 5.97 Å². The number of aromatic carboxylic acids is 1. The quantitative estimate of drug-likeness (QED) is 0.905. The van der Waals surface area contributed by atoms with Gasteiger partial charge in [-0.15, -0.1) is 0 Å². The third-order valence-corrected chi connectivity index (χ3v) is 2.99. The summed E-state index contributed by atoms with van der Waals surface area (Å²) in [6.07, 6.45) is 1.26. The average Bonchev–Trinajstić information content (AvgIpc) is 2.35. The monoisotopic (exact) mass is 292 g/mol. The van der Waals surface area contributed by atoms with E-state index >= 15 is 0 Å². The van der Waals surface area contributed by atoms with E-state index in [0.29, 0.717) is 10.8 Å². The summed E-state index contributed by atoms with van der Waals surface area (Å²) >= 11 is 5.95. The van der Waals surface area contributed by atoms with Crippen LogP contribution in [0, 0.1) is 13.8 Å². The number of hydrogen-bond donors (Lipinski definition) is 2. The minimum absolute atomic E-state index is 0.0423. The molecule has 2 aromatic rings. The van der Waals surface area contributed by atoms with Crippen LogP contribution in [0.2, 0.25) is 5.02 Å². The average molecular weight is 293 g/mol. The van der Waals surface area contributed by atoms with Crippen LogP contribution in [-0.4, -0.2) is 16.1 Å². The van der Waals surface area contributed by atoms with E-state index in [-0.39, 0.29) is 17.1 Å². The molecule has 1 aromatic carbocycles. The zero-order valence-electron chi connectivity index (χ0n) is 11.0. The number of aryl methyl sites for hydroxylation is 2. The largest absolute Gasteiger partial charge is 0.478 e. The van der Waals surface area contributed by atoms with Crippen molar-refractivity contribution in [1.29, 1.82) is 0 Å². The molecule has 6 heteroatoms. The third kappa shape index (κ3) is 2.83. The van der Waals surface area contributed by atoms with E-state index in [1.165, 1.54) is 12.3 Å². The molecular formula is C14H13ClN2O3. The van der Waals surface area contributed by atoms with E-state index in [9.17, 15) is 4.79 Å². The normalized spacial score (nSPS) is 10.3. The Labute approximate surface area is 121 Å². The highest BCUT2D eigenvalue weighted by Gasteiger charge is 2.13. The van der Waals surface area contributed by atoms with Crippen molar-refractivity contribution in [3.05, 3.63) is 46.1 Å². The molecule has 0 fully saturated rings. The van der Waals surface area contributed by atoms with Crippen molar-refractivity contribution in [3.63, 3.8) is 0 Å². The van der Waals surface area contributed by atoms with Crippen molar-refractivity contribution in [2.75, 3.05) is 5.73 Å². The number of anilines is 1. The molecule has 0 saturated carbocycles. The number of benzene rings is 1. The number of nitrogen functional groups attached to an aromatic ring is 1. The lowest BCUT2D eigenvalue weighted by Gasteiger charge is -2.12. The highest BCUT2D eigenvalue weighted by Crippen LogP contribution is 2.31. The number of hydrogen-bond acceptors (Lipinski definition) is 4. The fourth-order valence-corrected chi connectivity index (χ4v) is 2.18. The number of ether oxygens (including phenoxy) is 1. The van der Waals surface area contributed by atoms with Crippen LogP contribution in [0.4, 0.5) is 5.69 Å². The Morgan fingerprint density at radius 1 is 1.30 bits per heavy atom. The molecule has 0 amide bonds. The van der Waals surface area contributed by atoms with Gasteiger partial charge in [-0.2, -0.15) is 0 Å². The summed E-state index contributed by atoms with van der Waals surface area (Å²) in [5, 5.41) is 9.64. The topological polar surface area (TPSA) is 85.4 Å². The summed E-state index contributed by atoms with van der Waals surface area (Å²) in [7, 11) is 0. The first-order chi connectivity index (χ1) is 9.38. The summed E-state index contributed by atoms with van der Waals surface area (Å²) in [4.78, 5) is 15.0. The van der Waals surface area contributed by atoms with E-state index < -0.39 is 5.97 Å². The number of carbonyl (C=O) groups is 1. The maximum absolute atomic E-state index is 11.0. The van der Waals surface area contributed by atoms with Crippen molar-refractivity contribution in [2.24, 2.45) is 0 Å². The highest BCUT2D eigenvalue weighted by molar-refractivity contribution is 6.30. The van der Waals surface area contributed by atoms with E-state index in [4.69, 9.17) is 27.2 Å². The summed E-state index contributed by atoms with van der Waals surface area (Å²) in [5.74, 6) is -0.354. The smallest absolute Gasteiger partial charge is 0.338 e. The van der Waals surface area contributed by atoms with Gasteiger partial charge in [-0.25, -0.2) is 9.78 Å². The van der Waals surface area contributed by atoms with E-state index in [1.807, 2.05) is 13.8 Å². The van der Waals surface area contributed by atoms with Crippen molar-refractivity contribution in [3.8, 4) is 11.6 Å². The Morgan fingerprint density at radius 2 is 1.90 bits per heavy atom. The first-order valence-corrected chi connectivity index (χ1v) is 6.19. The Balaban J connectivity index is 2.41. The summed E-state index contributed by atoms with van der Waals surface area (Å²) in [5.41, 5.74) is 7.27. The Kier molecular flexibility index (Phi) is 3.81. The third-order valence-electron chi connectivity index (χ3n) is 2.77. The van der Waals surface area contributed by atoms with Gasteiger partial charge in [0.15, 0.2) is 0 Å². The molecule has 0 unspecified atom stereocenters. The molecule has 0 aliphatic rings. The predicted octanol–water partition coefficient (Wildman–Crippen LogP) is 3.42.